The van der Waals surface area contributed by atoms with Gasteiger partial charge in [0.2, 0.25) is 17.7 Å². The number of carbonyl (C=O) groups is 3. The SMILES string of the molecule is O=C(CCN1C(=O)CCC1=O)Nc1ccccc1N1CCCCC1. The first-order valence-electron chi connectivity index (χ1n) is 8.62. The van der Waals surface area contributed by atoms with Gasteiger partial charge in [-0.3, -0.25) is 19.3 Å². The molecule has 1 aromatic rings. The van der Waals surface area contributed by atoms with Crippen LogP contribution < -0.4 is 10.2 Å². The van der Waals surface area contributed by atoms with Crippen LogP contribution in [-0.2, 0) is 14.4 Å². The van der Waals surface area contributed by atoms with Gasteiger partial charge in [0.25, 0.3) is 0 Å². The Labute approximate surface area is 141 Å². The van der Waals surface area contributed by atoms with Gasteiger partial charge in [0.05, 0.1) is 11.4 Å². The van der Waals surface area contributed by atoms with Gasteiger partial charge >= 0.3 is 0 Å². The second-order valence-electron chi connectivity index (χ2n) is 6.30. The third-order valence-corrected chi connectivity index (χ3v) is 4.59. The summed E-state index contributed by atoms with van der Waals surface area (Å²) in [4.78, 5) is 38.9. The van der Waals surface area contributed by atoms with Gasteiger partial charge in [-0.05, 0) is 31.4 Å². The van der Waals surface area contributed by atoms with Crippen molar-refractivity contribution in [1.29, 1.82) is 0 Å². The second kappa shape index (κ2) is 7.47. The standard InChI is InChI=1S/C18H23N3O3/c22-16(10-13-21-17(23)8-9-18(21)24)19-14-6-2-3-7-15(14)20-11-4-1-5-12-20/h2-3,6-7H,1,4-5,8-13H2,(H,19,22). The lowest BCUT2D eigenvalue weighted by molar-refractivity contribution is -0.138. The normalized spacial score (nSPS) is 18.2. The van der Waals surface area contributed by atoms with Crippen LogP contribution in [-0.4, -0.2) is 42.3 Å². The zero-order valence-corrected chi connectivity index (χ0v) is 13.8. The summed E-state index contributed by atoms with van der Waals surface area (Å²) in [5, 5.41) is 2.93. The van der Waals surface area contributed by atoms with Gasteiger partial charge < -0.3 is 10.2 Å². The summed E-state index contributed by atoms with van der Waals surface area (Å²) in [6.07, 6.45) is 4.24. The quantitative estimate of drug-likeness (QED) is 0.841. The zero-order chi connectivity index (χ0) is 16.9. The molecule has 1 N–H and O–H groups in total. The van der Waals surface area contributed by atoms with Gasteiger partial charge in [0.1, 0.15) is 0 Å². The van der Waals surface area contributed by atoms with Crippen molar-refractivity contribution in [3.63, 3.8) is 0 Å². The highest BCUT2D eigenvalue weighted by molar-refractivity contribution is 6.02. The number of piperidine rings is 1. The maximum atomic E-state index is 12.2. The van der Waals surface area contributed by atoms with Crippen molar-refractivity contribution in [2.24, 2.45) is 0 Å². The minimum Gasteiger partial charge on any atom is -0.370 e. The first-order chi connectivity index (χ1) is 11.6. The molecule has 0 aliphatic carbocycles. The Bertz CT molecular complexity index is 622. The van der Waals surface area contributed by atoms with Crippen LogP contribution in [0.2, 0.25) is 0 Å². The van der Waals surface area contributed by atoms with Gasteiger partial charge in [-0.2, -0.15) is 0 Å². The molecule has 6 nitrogen and oxygen atoms in total. The lowest BCUT2D eigenvalue weighted by Crippen LogP contribution is -2.33. The molecule has 3 rings (SSSR count). The van der Waals surface area contributed by atoms with Gasteiger partial charge in [-0.15, -0.1) is 0 Å². The number of nitrogens with one attached hydrogen (secondary N) is 1. The molecule has 24 heavy (non-hydrogen) atoms. The maximum absolute atomic E-state index is 12.2. The van der Waals surface area contributed by atoms with Gasteiger partial charge in [-0.25, -0.2) is 0 Å². The monoisotopic (exact) mass is 329 g/mol. The van der Waals surface area contributed by atoms with E-state index in [0.717, 1.165) is 24.5 Å². The number of nitrogens with zero attached hydrogens (tertiary/aromatic N) is 2. The molecule has 2 aliphatic rings. The third kappa shape index (κ3) is 3.75. The Morgan fingerprint density at radius 3 is 2.38 bits per heavy atom. The molecular formula is C18H23N3O3. The van der Waals surface area contributed by atoms with E-state index in [2.05, 4.69) is 10.2 Å². The minimum atomic E-state index is -0.179. The van der Waals surface area contributed by atoms with Crippen LogP contribution >= 0.6 is 0 Å². The van der Waals surface area contributed by atoms with Crippen molar-refractivity contribution in [2.45, 2.75) is 38.5 Å². The summed E-state index contributed by atoms with van der Waals surface area (Å²) in [5.41, 5.74) is 1.84. The van der Waals surface area contributed by atoms with Crippen LogP contribution in [0, 0.1) is 0 Å². The van der Waals surface area contributed by atoms with Crippen molar-refractivity contribution in [2.75, 3.05) is 29.9 Å². The van der Waals surface area contributed by atoms with Crippen LogP contribution in [0.25, 0.3) is 0 Å². The molecule has 2 fully saturated rings. The van der Waals surface area contributed by atoms with Gasteiger partial charge in [0.15, 0.2) is 0 Å². The number of imide groups is 1. The predicted octanol–water partition coefficient (Wildman–Crippen LogP) is 2.15. The second-order valence-corrected chi connectivity index (χ2v) is 6.30. The Hall–Kier alpha value is -2.37. The average Bonchev–Trinajstić information content (AvgIpc) is 2.92. The molecule has 3 amide bonds. The number of benzene rings is 1. The van der Waals surface area contributed by atoms with E-state index in [1.54, 1.807) is 0 Å². The van der Waals surface area contributed by atoms with Crippen molar-refractivity contribution < 1.29 is 14.4 Å². The highest BCUT2D eigenvalue weighted by Crippen LogP contribution is 2.28. The van der Waals surface area contributed by atoms with Crippen LogP contribution in [0.1, 0.15) is 38.5 Å². The number of anilines is 2. The first kappa shape index (κ1) is 16.5. The fraction of sp³-hybridized carbons (Fsp3) is 0.500. The number of carbonyl (C=O) groups excluding carboxylic acids is 3. The van der Waals surface area contributed by atoms with E-state index in [4.69, 9.17) is 0 Å². The highest BCUT2D eigenvalue weighted by Gasteiger charge is 2.28. The fourth-order valence-electron chi connectivity index (χ4n) is 3.29. The van der Waals surface area contributed by atoms with E-state index in [9.17, 15) is 14.4 Å². The van der Waals surface area contributed by atoms with Crippen molar-refractivity contribution >= 4 is 29.1 Å². The first-order valence-corrected chi connectivity index (χ1v) is 8.62. The number of amides is 3. The van der Waals surface area contributed by atoms with E-state index in [-0.39, 0.29) is 43.5 Å². The summed E-state index contributed by atoms with van der Waals surface area (Å²) >= 11 is 0. The topological polar surface area (TPSA) is 69.7 Å². The molecule has 0 bridgehead atoms. The molecule has 6 heteroatoms. The van der Waals surface area contributed by atoms with Gasteiger partial charge in [-0.1, -0.05) is 12.1 Å². The summed E-state index contributed by atoms with van der Waals surface area (Å²) in [6, 6.07) is 7.79. The number of para-hydroxylation sites is 2. The molecule has 0 unspecified atom stereocenters. The number of rotatable bonds is 5. The zero-order valence-electron chi connectivity index (χ0n) is 13.8. The van der Waals surface area contributed by atoms with E-state index in [0.29, 0.717) is 0 Å². The van der Waals surface area contributed by atoms with Crippen LogP contribution in [0.15, 0.2) is 24.3 Å². The Morgan fingerprint density at radius 2 is 1.67 bits per heavy atom. The lowest BCUT2D eigenvalue weighted by atomic mass is 10.1. The molecular weight excluding hydrogens is 306 g/mol. The number of hydrogen-bond donors (Lipinski definition) is 1. The van der Waals surface area contributed by atoms with Crippen LogP contribution in [0.5, 0.6) is 0 Å². The van der Waals surface area contributed by atoms with Crippen molar-refractivity contribution in [3.8, 4) is 0 Å². The minimum absolute atomic E-state index is 0.131. The summed E-state index contributed by atoms with van der Waals surface area (Å²) < 4.78 is 0. The molecule has 0 radical (unpaired) electrons. The van der Waals surface area contributed by atoms with Crippen LogP contribution in [0.3, 0.4) is 0 Å². The highest BCUT2D eigenvalue weighted by atomic mass is 16.2. The molecule has 1 aromatic carbocycles. The predicted molar refractivity (Wildman–Crippen MR) is 91.7 cm³/mol. The smallest absolute Gasteiger partial charge is 0.229 e. The number of hydrogen-bond acceptors (Lipinski definition) is 4. The molecule has 2 heterocycles. The maximum Gasteiger partial charge on any atom is 0.229 e. The summed E-state index contributed by atoms with van der Waals surface area (Å²) in [6.45, 7) is 2.17. The van der Waals surface area contributed by atoms with Crippen LogP contribution in [0.4, 0.5) is 11.4 Å². The molecule has 0 spiro atoms. The number of likely N-dealkylation sites (tertiary alicyclic amines) is 1. The Balaban J connectivity index is 1.60. The van der Waals surface area contributed by atoms with E-state index in [1.807, 2.05) is 24.3 Å². The fourth-order valence-corrected chi connectivity index (χ4v) is 3.29. The average molecular weight is 329 g/mol. The molecule has 0 saturated carbocycles. The molecule has 0 atom stereocenters. The van der Waals surface area contributed by atoms with Crippen molar-refractivity contribution in [3.05, 3.63) is 24.3 Å². The van der Waals surface area contributed by atoms with Crippen molar-refractivity contribution in [1.82, 2.24) is 4.90 Å². The molecule has 2 saturated heterocycles. The lowest BCUT2D eigenvalue weighted by Gasteiger charge is -2.30. The molecule has 2 aliphatic heterocycles. The van der Waals surface area contributed by atoms with E-state index in [1.165, 1.54) is 24.2 Å². The molecule has 128 valence electrons. The summed E-state index contributed by atoms with van der Waals surface area (Å²) in [7, 11) is 0. The van der Waals surface area contributed by atoms with Gasteiger partial charge in [0, 0.05) is 38.9 Å². The largest absolute Gasteiger partial charge is 0.370 e. The molecule has 0 aromatic heterocycles. The van der Waals surface area contributed by atoms with E-state index < -0.39 is 0 Å². The Kier molecular flexibility index (Phi) is 5.13. The third-order valence-electron chi connectivity index (χ3n) is 4.59. The summed E-state index contributed by atoms with van der Waals surface area (Å²) in [5.74, 6) is -0.532. The Morgan fingerprint density at radius 1 is 1.00 bits per heavy atom. The van der Waals surface area contributed by atoms with E-state index >= 15 is 0 Å².